The zero-order valence-electron chi connectivity index (χ0n) is 21.7. The predicted molar refractivity (Wildman–Crippen MR) is 149 cm³/mol. The number of anilines is 2. The average molecular weight is 509 g/mol. The molecule has 0 spiro atoms. The number of fused-ring (bicyclic) bond motifs is 1. The molecule has 3 N–H and O–H groups in total. The summed E-state index contributed by atoms with van der Waals surface area (Å²) in [5.74, 6) is 2.40. The summed E-state index contributed by atoms with van der Waals surface area (Å²) in [6.07, 6.45) is 6.65. The second-order valence-electron chi connectivity index (χ2n) is 10.3. The Morgan fingerprint density at radius 2 is 1.95 bits per heavy atom. The van der Waals surface area contributed by atoms with Gasteiger partial charge in [0.1, 0.15) is 5.75 Å². The molecule has 3 atom stereocenters. The largest absolute Gasteiger partial charge is 0.437 e. The zero-order chi connectivity index (χ0) is 26.1. The van der Waals surface area contributed by atoms with Crippen LogP contribution in [-0.2, 0) is 4.79 Å². The molecule has 2 aromatic heterocycles. The third kappa shape index (κ3) is 5.04. The molecule has 8 heteroatoms. The number of aromatic nitrogens is 3. The third-order valence-electron chi connectivity index (χ3n) is 7.44. The fourth-order valence-corrected chi connectivity index (χ4v) is 5.10. The highest BCUT2D eigenvalue weighted by Crippen LogP contribution is 2.41. The first-order valence-corrected chi connectivity index (χ1v) is 13.3. The minimum atomic E-state index is 0.0808. The number of piperidine rings is 1. The molecule has 1 saturated heterocycles. The smallest absolute Gasteiger partial charge is 0.228 e. The number of nitrogens with zero attached hydrogens (tertiary/aromatic N) is 3. The highest BCUT2D eigenvalue weighted by atomic mass is 16.5. The van der Waals surface area contributed by atoms with Gasteiger partial charge in [0, 0.05) is 47.4 Å². The Hall–Kier alpha value is -4.04. The lowest BCUT2D eigenvalue weighted by Crippen LogP contribution is -2.38. The first kappa shape index (κ1) is 24.3. The first-order valence-electron chi connectivity index (χ1n) is 13.3. The SMILES string of the molecule is Cc1ccc2c(NC(=O)[C@H]3C[C@@H]3C)cccc2c1Oc1ncccc1-c1ccnc(N[C@H]2CCCNC2)n1. The van der Waals surface area contributed by atoms with Crippen LogP contribution in [0.4, 0.5) is 11.6 Å². The standard InChI is InChI=1S/C30H32N6O2/c1-18-10-11-21-22(7-3-9-25(21)35-28(37)24-16-19(24)2)27(18)38-29-23(8-5-14-32-29)26-12-15-33-30(36-26)34-20-6-4-13-31-17-20/h3,5,7-12,14-15,19-20,24,31H,4,6,13,16-17H2,1-2H3,(H,35,37)(H,33,34,36)/t19-,20-,24-/m0/s1. The van der Waals surface area contributed by atoms with E-state index in [0.717, 1.165) is 65.6 Å². The average Bonchev–Trinajstić information content (AvgIpc) is 3.68. The maximum absolute atomic E-state index is 12.7. The number of aryl methyl sites for hydroxylation is 1. The summed E-state index contributed by atoms with van der Waals surface area (Å²) in [6.45, 7) is 6.07. The van der Waals surface area contributed by atoms with Crippen LogP contribution in [-0.4, -0.2) is 40.0 Å². The molecular weight excluding hydrogens is 476 g/mol. The molecule has 2 aliphatic rings. The molecule has 194 valence electrons. The Kier molecular flexibility index (Phi) is 6.64. The summed E-state index contributed by atoms with van der Waals surface area (Å²) in [5.41, 5.74) is 3.28. The van der Waals surface area contributed by atoms with Crippen LogP contribution in [0.2, 0.25) is 0 Å². The van der Waals surface area contributed by atoms with Gasteiger partial charge in [0.2, 0.25) is 17.7 Å². The molecule has 3 heterocycles. The van der Waals surface area contributed by atoms with Gasteiger partial charge in [-0.1, -0.05) is 31.2 Å². The lowest BCUT2D eigenvalue weighted by molar-refractivity contribution is -0.117. The maximum Gasteiger partial charge on any atom is 0.228 e. The number of carbonyl (C=O) groups is 1. The Morgan fingerprint density at radius 3 is 2.76 bits per heavy atom. The van der Waals surface area contributed by atoms with Crippen LogP contribution in [0.3, 0.4) is 0 Å². The molecule has 1 amide bonds. The quantitative estimate of drug-likeness (QED) is 0.301. The van der Waals surface area contributed by atoms with Crippen LogP contribution < -0.4 is 20.7 Å². The summed E-state index contributed by atoms with van der Waals surface area (Å²) in [4.78, 5) is 26.4. The Labute approximate surface area is 222 Å². The van der Waals surface area contributed by atoms with Gasteiger partial charge in [0.15, 0.2) is 0 Å². The monoisotopic (exact) mass is 508 g/mol. The highest BCUT2D eigenvalue weighted by molar-refractivity contribution is 6.05. The van der Waals surface area contributed by atoms with Gasteiger partial charge in [-0.05, 0) is 68.5 Å². The van der Waals surface area contributed by atoms with Gasteiger partial charge in [-0.25, -0.2) is 15.0 Å². The van der Waals surface area contributed by atoms with Crippen molar-refractivity contribution >= 4 is 28.3 Å². The number of nitrogens with one attached hydrogen (secondary N) is 3. The van der Waals surface area contributed by atoms with Crippen molar-refractivity contribution in [1.29, 1.82) is 0 Å². The number of rotatable bonds is 7. The minimum absolute atomic E-state index is 0.0808. The van der Waals surface area contributed by atoms with E-state index in [1.54, 1.807) is 12.4 Å². The molecule has 1 saturated carbocycles. The van der Waals surface area contributed by atoms with Gasteiger partial charge in [0.25, 0.3) is 0 Å². The van der Waals surface area contributed by atoms with Crippen molar-refractivity contribution in [2.75, 3.05) is 23.7 Å². The van der Waals surface area contributed by atoms with Gasteiger partial charge in [0.05, 0.1) is 11.3 Å². The van der Waals surface area contributed by atoms with Crippen molar-refractivity contribution in [1.82, 2.24) is 20.3 Å². The molecular formula is C30H32N6O2. The van der Waals surface area contributed by atoms with Crippen molar-refractivity contribution < 1.29 is 9.53 Å². The summed E-state index contributed by atoms with van der Waals surface area (Å²) in [5, 5.41) is 11.8. The first-order chi connectivity index (χ1) is 18.6. The van der Waals surface area contributed by atoms with Crippen molar-refractivity contribution in [3.63, 3.8) is 0 Å². The van der Waals surface area contributed by atoms with Gasteiger partial charge in [-0.15, -0.1) is 0 Å². The molecule has 0 bridgehead atoms. The van der Waals surface area contributed by atoms with Crippen molar-refractivity contribution in [2.45, 2.75) is 39.2 Å². The molecule has 0 unspecified atom stereocenters. The molecule has 4 aromatic rings. The van der Waals surface area contributed by atoms with Gasteiger partial charge >= 0.3 is 0 Å². The number of ether oxygens (including phenoxy) is 1. The minimum Gasteiger partial charge on any atom is -0.437 e. The van der Waals surface area contributed by atoms with Crippen molar-refractivity contribution in [3.8, 4) is 22.9 Å². The summed E-state index contributed by atoms with van der Waals surface area (Å²) in [6, 6.07) is 16.0. The Bertz CT molecular complexity index is 1480. The summed E-state index contributed by atoms with van der Waals surface area (Å²) < 4.78 is 6.52. The summed E-state index contributed by atoms with van der Waals surface area (Å²) >= 11 is 0. The third-order valence-corrected chi connectivity index (χ3v) is 7.44. The van der Waals surface area contributed by atoms with E-state index >= 15 is 0 Å². The fraction of sp³-hybridized carbons (Fsp3) is 0.333. The van der Waals surface area contributed by atoms with Gasteiger partial charge in [-0.3, -0.25) is 4.79 Å². The van der Waals surface area contributed by atoms with E-state index in [1.807, 2.05) is 55.5 Å². The van der Waals surface area contributed by atoms with Crippen LogP contribution in [0.1, 0.15) is 31.7 Å². The second kappa shape index (κ2) is 10.4. The molecule has 6 rings (SSSR count). The summed E-state index contributed by atoms with van der Waals surface area (Å²) in [7, 11) is 0. The van der Waals surface area contributed by atoms with E-state index in [9.17, 15) is 4.79 Å². The Morgan fingerprint density at radius 1 is 1.05 bits per heavy atom. The van der Waals surface area contributed by atoms with E-state index in [2.05, 4.69) is 32.8 Å². The van der Waals surface area contributed by atoms with E-state index in [1.165, 1.54) is 0 Å². The second-order valence-corrected chi connectivity index (χ2v) is 10.3. The van der Waals surface area contributed by atoms with Crippen LogP contribution in [0.25, 0.3) is 22.0 Å². The number of benzene rings is 2. The van der Waals surface area contributed by atoms with Crippen LogP contribution in [0.15, 0.2) is 60.9 Å². The van der Waals surface area contributed by atoms with Gasteiger partial charge < -0.3 is 20.7 Å². The molecule has 1 aliphatic heterocycles. The van der Waals surface area contributed by atoms with Gasteiger partial charge in [-0.2, -0.15) is 0 Å². The molecule has 0 radical (unpaired) electrons. The van der Waals surface area contributed by atoms with E-state index in [-0.39, 0.29) is 11.8 Å². The van der Waals surface area contributed by atoms with E-state index in [0.29, 0.717) is 29.5 Å². The number of hydrogen-bond donors (Lipinski definition) is 3. The zero-order valence-corrected chi connectivity index (χ0v) is 21.7. The fourth-order valence-electron chi connectivity index (χ4n) is 5.10. The Balaban J connectivity index is 1.31. The number of amides is 1. The molecule has 1 aliphatic carbocycles. The number of pyridine rings is 1. The topological polar surface area (TPSA) is 101 Å². The van der Waals surface area contributed by atoms with Crippen LogP contribution in [0, 0.1) is 18.8 Å². The highest BCUT2D eigenvalue weighted by Gasteiger charge is 2.39. The number of hydrogen-bond acceptors (Lipinski definition) is 7. The van der Waals surface area contributed by atoms with Crippen molar-refractivity contribution in [3.05, 3.63) is 66.5 Å². The number of carbonyl (C=O) groups excluding carboxylic acids is 1. The normalized spacial score (nSPS) is 20.6. The van der Waals surface area contributed by atoms with Crippen LogP contribution >= 0.6 is 0 Å². The molecule has 8 nitrogen and oxygen atoms in total. The molecule has 2 fully saturated rings. The van der Waals surface area contributed by atoms with E-state index < -0.39 is 0 Å². The maximum atomic E-state index is 12.7. The molecule has 38 heavy (non-hydrogen) atoms. The lowest BCUT2D eigenvalue weighted by atomic mass is 10.0. The van der Waals surface area contributed by atoms with E-state index in [4.69, 9.17) is 9.72 Å². The lowest BCUT2D eigenvalue weighted by Gasteiger charge is -2.23. The predicted octanol–water partition coefficient (Wildman–Crippen LogP) is 5.55. The van der Waals surface area contributed by atoms with Crippen molar-refractivity contribution in [2.24, 2.45) is 11.8 Å². The molecule has 2 aromatic carbocycles. The van der Waals surface area contributed by atoms with Crippen LogP contribution in [0.5, 0.6) is 11.6 Å².